The van der Waals surface area contributed by atoms with Gasteiger partial charge in [-0.3, -0.25) is 14.4 Å². The predicted molar refractivity (Wildman–Crippen MR) is 153 cm³/mol. The highest BCUT2D eigenvalue weighted by molar-refractivity contribution is 6.74. The second-order valence-corrected chi connectivity index (χ2v) is 16.2. The summed E-state index contributed by atoms with van der Waals surface area (Å²) in [5.74, 6) is -1.55. The molecular formula is C27H33Cl2N3O4Si. The fourth-order valence-corrected chi connectivity index (χ4v) is 5.17. The standard InChI is InChI=1S/C27H33Cl2N3O4Si/c1-16(17-9-7-11-20(28)23(17)29)25(34)31-21-12-8-10-19-18(21)13-14-32(26(19)35)22(24(30)33)15-36-37(5,6)27(2,3)4/h7-14,16,22H,15H2,1-6H3,(H2,30,33)(H,31,34)/t16?,22-/m1/s1. The van der Waals surface area contributed by atoms with Crippen LogP contribution in [0.15, 0.2) is 53.5 Å². The Bertz CT molecular complexity index is 1400. The molecule has 198 valence electrons. The first-order valence-corrected chi connectivity index (χ1v) is 15.6. The first-order valence-electron chi connectivity index (χ1n) is 12.0. The van der Waals surface area contributed by atoms with Crippen LogP contribution in [-0.2, 0) is 14.0 Å². The molecule has 1 heterocycles. The van der Waals surface area contributed by atoms with Crippen LogP contribution in [0.25, 0.3) is 10.8 Å². The molecule has 1 aromatic heterocycles. The molecule has 3 N–H and O–H groups in total. The monoisotopic (exact) mass is 561 g/mol. The van der Waals surface area contributed by atoms with Gasteiger partial charge in [-0.15, -0.1) is 0 Å². The molecule has 0 aliphatic heterocycles. The Morgan fingerprint density at radius 1 is 1.08 bits per heavy atom. The molecule has 3 rings (SSSR count). The number of pyridine rings is 1. The maximum atomic E-state index is 13.4. The average molecular weight is 563 g/mol. The van der Waals surface area contributed by atoms with Crippen molar-refractivity contribution in [2.75, 3.05) is 11.9 Å². The number of hydrogen-bond acceptors (Lipinski definition) is 4. The fraction of sp³-hybridized carbons (Fsp3) is 0.370. The number of amides is 2. The highest BCUT2D eigenvalue weighted by Gasteiger charge is 2.38. The van der Waals surface area contributed by atoms with Crippen molar-refractivity contribution in [2.24, 2.45) is 5.73 Å². The summed E-state index contributed by atoms with van der Waals surface area (Å²) in [5.41, 5.74) is 6.35. The van der Waals surface area contributed by atoms with Gasteiger partial charge in [0.15, 0.2) is 8.32 Å². The van der Waals surface area contributed by atoms with Crippen LogP contribution in [0, 0.1) is 0 Å². The van der Waals surface area contributed by atoms with Gasteiger partial charge in [0.1, 0.15) is 6.04 Å². The van der Waals surface area contributed by atoms with Crippen molar-refractivity contribution in [3.05, 3.63) is 74.6 Å². The zero-order valence-electron chi connectivity index (χ0n) is 21.9. The van der Waals surface area contributed by atoms with Gasteiger partial charge in [-0.1, -0.05) is 62.2 Å². The van der Waals surface area contributed by atoms with Gasteiger partial charge < -0.3 is 20.0 Å². The zero-order chi connectivity index (χ0) is 27.7. The van der Waals surface area contributed by atoms with Crippen molar-refractivity contribution >= 4 is 59.8 Å². The number of nitrogens with two attached hydrogens (primary N) is 1. The summed E-state index contributed by atoms with van der Waals surface area (Å²) in [7, 11) is -2.18. The Morgan fingerprint density at radius 3 is 2.35 bits per heavy atom. The minimum Gasteiger partial charge on any atom is -0.414 e. The van der Waals surface area contributed by atoms with Crippen LogP contribution in [0.2, 0.25) is 28.2 Å². The van der Waals surface area contributed by atoms with Gasteiger partial charge in [-0.05, 0) is 54.9 Å². The van der Waals surface area contributed by atoms with E-state index in [2.05, 4.69) is 39.2 Å². The number of carbonyl (C=O) groups excluding carboxylic acids is 2. The van der Waals surface area contributed by atoms with E-state index in [9.17, 15) is 14.4 Å². The second kappa shape index (κ2) is 11.0. The summed E-state index contributed by atoms with van der Waals surface area (Å²) >= 11 is 12.4. The maximum absolute atomic E-state index is 13.4. The number of fused-ring (bicyclic) bond motifs is 1. The van der Waals surface area contributed by atoms with E-state index in [1.807, 2.05) is 0 Å². The van der Waals surface area contributed by atoms with Gasteiger partial charge in [0.25, 0.3) is 5.56 Å². The summed E-state index contributed by atoms with van der Waals surface area (Å²) in [6.07, 6.45) is 1.52. The number of nitrogens with zero attached hydrogens (tertiary/aromatic N) is 1. The number of primary amides is 1. The van der Waals surface area contributed by atoms with Gasteiger partial charge in [0.2, 0.25) is 11.8 Å². The average Bonchev–Trinajstić information content (AvgIpc) is 2.81. The minimum absolute atomic E-state index is 0.00553. The molecule has 0 aliphatic rings. The van der Waals surface area contributed by atoms with Crippen LogP contribution in [0.1, 0.15) is 45.2 Å². The lowest BCUT2D eigenvalue weighted by Crippen LogP contribution is -2.45. The smallest absolute Gasteiger partial charge is 0.259 e. The number of halogens is 2. The molecule has 2 amide bonds. The highest BCUT2D eigenvalue weighted by Crippen LogP contribution is 2.37. The lowest BCUT2D eigenvalue weighted by Gasteiger charge is -2.37. The highest BCUT2D eigenvalue weighted by atomic mass is 35.5. The van der Waals surface area contributed by atoms with Crippen LogP contribution >= 0.6 is 23.2 Å². The molecule has 0 fully saturated rings. The zero-order valence-corrected chi connectivity index (χ0v) is 24.4. The van der Waals surface area contributed by atoms with Crippen molar-refractivity contribution in [1.82, 2.24) is 4.57 Å². The molecule has 2 aromatic carbocycles. The third-order valence-electron chi connectivity index (χ3n) is 7.14. The van der Waals surface area contributed by atoms with Crippen LogP contribution in [0.5, 0.6) is 0 Å². The van der Waals surface area contributed by atoms with Crippen LogP contribution in [-0.4, -0.2) is 31.3 Å². The molecule has 0 saturated heterocycles. The van der Waals surface area contributed by atoms with Crippen molar-refractivity contribution in [3.8, 4) is 0 Å². The minimum atomic E-state index is -2.18. The Balaban J connectivity index is 1.93. The number of nitrogens with one attached hydrogen (secondary N) is 1. The summed E-state index contributed by atoms with van der Waals surface area (Å²) in [4.78, 5) is 38.8. The van der Waals surface area contributed by atoms with Gasteiger partial charge in [0, 0.05) is 22.7 Å². The van der Waals surface area contributed by atoms with E-state index < -0.39 is 31.7 Å². The van der Waals surface area contributed by atoms with E-state index in [-0.39, 0.29) is 17.6 Å². The molecule has 0 aliphatic carbocycles. The third kappa shape index (κ3) is 6.09. The molecule has 3 aromatic rings. The van der Waals surface area contributed by atoms with Gasteiger partial charge in [0.05, 0.1) is 22.6 Å². The van der Waals surface area contributed by atoms with Crippen LogP contribution in [0.3, 0.4) is 0 Å². The van der Waals surface area contributed by atoms with E-state index >= 15 is 0 Å². The lowest BCUT2D eigenvalue weighted by atomic mass is 10.00. The molecular weight excluding hydrogens is 529 g/mol. The molecule has 10 heteroatoms. The molecule has 37 heavy (non-hydrogen) atoms. The molecule has 7 nitrogen and oxygen atoms in total. The van der Waals surface area contributed by atoms with Crippen LogP contribution in [0.4, 0.5) is 5.69 Å². The van der Waals surface area contributed by atoms with E-state index in [0.717, 1.165) is 0 Å². The first kappa shape index (κ1) is 28.9. The van der Waals surface area contributed by atoms with E-state index in [1.165, 1.54) is 10.8 Å². The van der Waals surface area contributed by atoms with E-state index in [1.54, 1.807) is 49.4 Å². The molecule has 0 bridgehead atoms. The number of aromatic nitrogens is 1. The van der Waals surface area contributed by atoms with Gasteiger partial charge in [-0.25, -0.2) is 0 Å². The summed E-state index contributed by atoms with van der Waals surface area (Å²) in [5, 5.41) is 4.39. The molecule has 0 spiro atoms. The largest absolute Gasteiger partial charge is 0.414 e. The Morgan fingerprint density at radius 2 is 1.73 bits per heavy atom. The molecule has 1 unspecified atom stereocenters. The topological polar surface area (TPSA) is 103 Å². The third-order valence-corrected chi connectivity index (χ3v) is 12.5. The number of carbonyl (C=O) groups is 2. The lowest BCUT2D eigenvalue weighted by molar-refractivity contribution is -0.122. The SMILES string of the molecule is CC(C(=O)Nc1cccc2c(=O)n([C@H](CO[Si](C)(C)C(C)(C)C)C(N)=O)ccc12)c1cccc(Cl)c1Cl. The van der Waals surface area contributed by atoms with Crippen molar-refractivity contribution in [2.45, 2.75) is 57.8 Å². The molecule has 2 atom stereocenters. The fourth-order valence-electron chi connectivity index (χ4n) is 3.69. The summed E-state index contributed by atoms with van der Waals surface area (Å²) in [6.45, 7) is 12.2. The van der Waals surface area contributed by atoms with Crippen molar-refractivity contribution in [3.63, 3.8) is 0 Å². The molecule has 0 saturated carbocycles. The van der Waals surface area contributed by atoms with E-state index in [4.69, 9.17) is 33.4 Å². The Kier molecular flexibility index (Phi) is 8.59. The number of benzene rings is 2. The number of anilines is 1. The first-order chi connectivity index (χ1) is 17.2. The van der Waals surface area contributed by atoms with Crippen LogP contribution < -0.4 is 16.6 Å². The quantitative estimate of drug-likeness (QED) is 0.324. The van der Waals surface area contributed by atoms with E-state index in [0.29, 0.717) is 32.1 Å². The van der Waals surface area contributed by atoms with Crippen molar-refractivity contribution in [1.29, 1.82) is 0 Å². The number of hydrogen-bond donors (Lipinski definition) is 2. The number of rotatable bonds is 8. The maximum Gasteiger partial charge on any atom is 0.259 e. The predicted octanol–water partition coefficient (Wildman–Crippen LogP) is 6.10. The molecule has 0 radical (unpaired) electrons. The van der Waals surface area contributed by atoms with Gasteiger partial charge in [-0.2, -0.15) is 0 Å². The summed E-state index contributed by atoms with van der Waals surface area (Å²) < 4.78 is 7.51. The Hall–Kier alpha value is -2.65. The normalized spacial score (nSPS) is 13.8. The van der Waals surface area contributed by atoms with Gasteiger partial charge >= 0.3 is 0 Å². The summed E-state index contributed by atoms with van der Waals surface area (Å²) in [6, 6.07) is 10.9. The Labute approximate surface area is 228 Å². The second-order valence-electron chi connectivity index (χ2n) is 10.6. The van der Waals surface area contributed by atoms with Crippen molar-refractivity contribution < 1.29 is 14.0 Å².